The topological polar surface area (TPSA) is 153 Å². The molecule has 0 radical (unpaired) electrons. The number of rotatable bonds is 7. The first kappa shape index (κ1) is 28.8. The molecule has 0 saturated carbocycles. The first-order valence-electron chi connectivity index (χ1n) is 9.55. The van der Waals surface area contributed by atoms with Crippen molar-refractivity contribution >= 4 is 49.4 Å². The Morgan fingerprint density at radius 2 is 1.55 bits per heavy atom. The van der Waals surface area contributed by atoms with Gasteiger partial charge in [-0.25, -0.2) is 8.42 Å². The van der Waals surface area contributed by atoms with E-state index >= 15 is 0 Å². The van der Waals surface area contributed by atoms with Gasteiger partial charge in [-0.15, -0.1) is 0 Å². The van der Waals surface area contributed by atoms with E-state index < -0.39 is 74.4 Å². The molecule has 0 amide bonds. The molecule has 0 unspecified atom stereocenters. The Kier molecular flexibility index (Phi) is 9.00. The summed E-state index contributed by atoms with van der Waals surface area (Å²) in [7, 11) is -18.3. The molecule has 2 aromatic rings. The Hall–Kier alpha value is -0.393. The summed E-state index contributed by atoms with van der Waals surface area (Å²) in [6.07, 6.45) is -0.539. The van der Waals surface area contributed by atoms with Crippen molar-refractivity contribution < 1.29 is 72.2 Å². The minimum atomic E-state index is -4.82. The van der Waals surface area contributed by atoms with Crippen LogP contribution in [0.3, 0.4) is 0 Å². The average Bonchev–Trinajstić information content (AvgIpc) is 2.76. The second kappa shape index (κ2) is 10.3. The largest absolute Gasteiger partial charge is 1.00 e. The summed E-state index contributed by atoms with van der Waals surface area (Å²) in [4.78, 5) is 0. The van der Waals surface area contributed by atoms with Crippen LogP contribution in [0, 0.1) is 0 Å². The van der Waals surface area contributed by atoms with Crippen LogP contribution in [0.2, 0.25) is 13.1 Å². The molecule has 33 heavy (non-hydrogen) atoms. The fourth-order valence-corrected chi connectivity index (χ4v) is 14.1. The van der Waals surface area contributed by atoms with Crippen molar-refractivity contribution in [1.29, 1.82) is 0 Å². The zero-order chi connectivity index (χ0) is 23.8. The number of hydrogen-bond acceptors (Lipinski definition) is 10. The van der Waals surface area contributed by atoms with Crippen molar-refractivity contribution in [2.45, 2.75) is 23.2 Å². The molecular weight excluding hydrogens is 523 g/mol. The summed E-state index contributed by atoms with van der Waals surface area (Å²) < 4.78 is 99.5. The summed E-state index contributed by atoms with van der Waals surface area (Å²) >= 11 is 0. The van der Waals surface area contributed by atoms with Gasteiger partial charge in [0.2, 0.25) is 12.0 Å². The molecule has 0 atom stereocenters. The van der Waals surface area contributed by atoms with Gasteiger partial charge in [0.05, 0.1) is 29.1 Å². The number of fused-ring (bicyclic) bond motifs is 1. The SMILES string of the molecule is C[Si](C)(OCCS(=O)(=O)[O-])C1(Cc2cccc3ccccc23)S(=O)(=O)OCCOS1(=O)=O.[Na+]. The molecule has 1 fully saturated rings. The molecule has 1 aliphatic heterocycles. The Balaban J connectivity index is 0.00000385. The zero-order valence-electron chi connectivity index (χ0n) is 18.4. The molecular formula is C18H23NaO10S3Si. The molecule has 1 aliphatic rings. The minimum Gasteiger partial charge on any atom is -0.748 e. The van der Waals surface area contributed by atoms with Gasteiger partial charge < -0.3 is 8.98 Å². The molecule has 15 heteroatoms. The number of hydrogen-bond donors (Lipinski definition) is 0. The summed E-state index contributed by atoms with van der Waals surface area (Å²) in [5.41, 5.74) is 0.407. The molecule has 0 N–H and O–H groups in total. The maximum absolute atomic E-state index is 13.4. The average molecular weight is 547 g/mol. The normalized spacial score (nSPS) is 20.0. The van der Waals surface area contributed by atoms with Gasteiger partial charge in [-0.1, -0.05) is 42.5 Å². The van der Waals surface area contributed by atoms with Crippen molar-refractivity contribution in [2.24, 2.45) is 0 Å². The van der Waals surface area contributed by atoms with E-state index in [9.17, 15) is 29.8 Å². The van der Waals surface area contributed by atoms with Crippen LogP contribution < -0.4 is 29.6 Å². The second-order valence-corrected chi connectivity index (χ2v) is 18.1. The van der Waals surface area contributed by atoms with Crippen LogP contribution in [0.4, 0.5) is 0 Å². The monoisotopic (exact) mass is 546 g/mol. The van der Waals surface area contributed by atoms with Crippen LogP contribution in [0.5, 0.6) is 0 Å². The van der Waals surface area contributed by atoms with Crippen LogP contribution in [0.25, 0.3) is 10.8 Å². The van der Waals surface area contributed by atoms with Gasteiger partial charge in [-0.05, 0) is 29.4 Å². The Morgan fingerprint density at radius 3 is 2.12 bits per heavy atom. The van der Waals surface area contributed by atoms with E-state index in [1.54, 1.807) is 42.5 Å². The van der Waals surface area contributed by atoms with Crippen molar-refractivity contribution in [3.8, 4) is 0 Å². The van der Waals surface area contributed by atoms with Gasteiger partial charge in [0.1, 0.15) is 0 Å². The van der Waals surface area contributed by atoms with E-state index in [0.717, 1.165) is 5.39 Å². The summed E-state index contributed by atoms with van der Waals surface area (Å²) in [6.45, 7) is 0.981. The smallest absolute Gasteiger partial charge is 0.748 e. The van der Waals surface area contributed by atoms with E-state index in [4.69, 9.17) is 12.8 Å². The van der Waals surface area contributed by atoms with Gasteiger partial charge in [0.15, 0.2) is 0 Å². The third-order valence-electron chi connectivity index (χ3n) is 5.38. The molecule has 178 valence electrons. The van der Waals surface area contributed by atoms with Gasteiger partial charge in [0, 0.05) is 13.0 Å². The van der Waals surface area contributed by atoms with Crippen LogP contribution in [0.15, 0.2) is 42.5 Å². The van der Waals surface area contributed by atoms with Crippen LogP contribution in [0.1, 0.15) is 5.56 Å². The number of benzene rings is 2. The van der Waals surface area contributed by atoms with E-state index in [-0.39, 0.29) is 29.6 Å². The Morgan fingerprint density at radius 1 is 1.00 bits per heavy atom. The van der Waals surface area contributed by atoms with Crippen LogP contribution in [-0.2, 0) is 49.6 Å². The van der Waals surface area contributed by atoms with E-state index in [1.165, 1.54) is 13.1 Å². The van der Waals surface area contributed by atoms with Gasteiger partial charge in [0.25, 0.3) is 20.2 Å². The second-order valence-electron chi connectivity index (χ2n) is 7.74. The molecule has 10 nitrogen and oxygen atoms in total. The zero-order valence-corrected chi connectivity index (χ0v) is 23.8. The standard InChI is InChI=1S/C18H24O10S3Si.Na/c1-32(2,28-12-13-29(19,20)21)18(30(22,23)26-10-11-27-31(18,24)25)14-16-8-5-7-15-6-3-4-9-17(15)16;/h3-9H,10-14H2,1-2H3,(H,19,20,21);/q;+1/p-1. The van der Waals surface area contributed by atoms with Gasteiger partial charge in [-0.2, -0.15) is 16.8 Å². The molecule has 3 rings (SSSR count). The Labute approximate surface area is 217 Å². The molecule has 2 aromatic carbocycles. The summed E-state index contributed by atoms with van der Waals surface area (Å²) in [5.74, 6) is -0.935. The molecule has 0 aliphatic carbocycles. The summed E-state index contributed by atoms with van der Waals surface area (Å²) in [6, 6.07) is 12.1. The van der Waals surface area contributed by atoms with Crippen molar-refractivity contribution in [3.05, 3.63) is 48.0 Å². The van der Waals surface area contributed by atoms with E-state index in [2.05, 4.69) is 0 Å². The first-order valence-corrected chi connectivity index (χ1v) is 16.8. The molecule has 0 spiro atoms. The van der Waals surface area contributed by atoms with Crippen LogP contribution in [-0.4, -0.2) is 67.4 Å². The minimum absolute atomic E-state index is 0. The van der Waals surface area contributed by atoms with E-state index in [0.29, 0.717) is 10.9 Å². The third-order valence-corrected chi connectivity index (χ3v) is 17.5. The van der Waals surface area contributed by atoms with Gasteiger partial charge in [-0.3, -0.25) is 8.37 Å². The fraction of sp³-hybridized carbons (Fsp3) is 0.444. The molecule has 0 bridgehead atoms. The van der Waals surface area contributed by atoms with Gasteiger partial charge >= 0.3 is 29.6 Å². The summed E-state index contributed by atoms with van der Waals surface area (Å²) in [5, 5.41) is 1.40. The molecule has 1 saturated heterocycles. The van der Waals surface area contributed by atoms with Crippen molar-refractivity contribution in [2.75, 3.05) is 25.6 Å². The maximum atomic E-state index is 13.4. The van der Waals surface area contributed by atoms with Crippen molar-refractivity contribution in [3.63, 3.8) is 0 Å². The predicted molar refractivity (Wildman–Crippen MR) is 118 cm³/mol. The molecule has 0 aromatic heterocycles. The van der Waals surface area contributed by atoms with Crippen molar-refractivity contribution in [1.82, 2.24) is 0 Å². The fourth-order valence-electron chi connectivity index (χ4n) is 3.80. The quantitative estimate of drug-likeness (QED) is 0.218. The van der Waals surface area contributed by atoms with Crippen LogP contribution >= 0.6 is 0 Å². The molecule has 1 heterocycles. The van der Waals surface area contributed by atoms with E-state index in [1.807, 2.05) is 0 Å². The predicted octanol–water partition coefficient (Wildman–Crippen LogP) is -1.90. The maximum Gasteiger partial charge on any atom is 1.00 e. The first-order chi connectivity index (χ1) is 14.7. The Bertz CT molecular complexity index is 1280. The third kappa shape index (κ3) is 5.72.